The minimum atomic E-state index is 0.100. The molecule has 0 saturated heterocycles. The van der Waals surface area contributed by atoms with Crippen molar-refractivity contribution in [3.63, 3.8) is 0 Å². The highest BCUT2D eigenvalue weighted by Gasteiger charge is 2.24. The zero-order chi connectivity index (χ0) is 20.1. The van der Waals surface area contributed by atoms with Gasteiger partial charge in [-0.1, -0.05) is 6.92 Å². The smallest absolute Gasteiger partial charge is 0.202 e. The monoisotopic (exact) mass is 394 g/mol. The molecule has 144 valence electrons. The van der Waals surface area contributed by atoms with E-state index in [0.717, 1.165) is 23.7 Å². The normalized spacial score (nSPS) is 12.0. The SMILES string of the molecule is CCC(c1nnc(Sc2ncccc2C#N)n1-c1ccc(OC)cc1)N(C)C. The van der Waals surface area contributed by atoms with Crippen molar-refractivity contribution in [3.8, 4) is 17.5 Å². The Bertz CT molecular complexity index is 977. The van der Waals surface area contributed by atoms with Crippen molar-refractivity contribution in [3.05, 3.63) is 54.0 Å². The Hall–Kier alpha value is -2.89. The first-order chi connectivity index (χ1) is 13.6. The lowest BCUT2D eigenvalue weighted by molar-refractivity contribution is 0.276. The Balaban J connectivity index is 2.12. The van der Waals surface area contributed by atoms with E-state index in [9.17, 15) is 5.26 Å². The molecule has 0 fully saturated rings. The molecule has 0 spiro atoms. The van der Waals surface area contributed by atoms with E-state index >= 15 is 0 Å². The lowest BCUT2D eigenvalue weighted by atomic mass is 10.2. The van der Waals surface area contributed by atoms with Gasteiger partial charge in [0.1, 0.15) is 16.8 Å². The highest BCUT2D eigenvalue weighted by Crippen LogP contribution is 2.33. The van der Waals surface area contributed by atoms with Crippen LogP contribution in [0.25, 0.3) is 5.69 Å². The summed E-state index contributed by atoms with van der Waals surface area (Å²) in [7, 11) is 5.70. The van der Waals surface area contributed by atoms with E-state index in [2.05, 4.69) is 33.1 Å². The fraction of sp³-hybridized carbons (Fsp3) is 0.300. The Labute approximate surface area is 169 Å². The van der Waals surface area contributed by atoms with Crippen molar-refractivity contribution in [2.75, 3.05) is 21.2 Å². The second-order valence-electron chi connectivity index (χ2n) is 6.33. The van der Waals surface area contributed by atoms with E-state index in [4.69, 9.17) is 4.74 Å². The summed E-state index contributed by atoms with van der Waals surface area (Å²) >= 11 is 1.34. The number of methoxy groups -OCH3 is 1. The van der Waals surface area contributed by atoms with Gasteiger partial charge in [0.25, 0.3) is 0 Å². The molecule has 1 aromatic carbocycles. The summed E-state index contributed by atoms with van der Waals surface area (Å²) in [5.41, 5.74) is 1.44. The fourth-order valence-electron chi connectivity index (χ4n) is 2.96. The molecule has 2 heterocycles. The molecular formula is C20H22N6OS. The summed E-state index contributed by atoms with van der Waals surface area (Å²) in [6.45, 7) is 2.12. The molecule has 0 radical (unpaired) electrons. The standard InChI is InChI=1S/C20H22N6OS/c1-5-17(25(2)3)18-23-24-20(28-19-14(13-21)7-6-12-22-19)26(18)15-8-10-16(27-4)11-9-15/h6-12,17H,5H2,1-4H3. The third-order valence-electron chi connectivity index (χ3n) is 4.38. The van der Waals surface area contributed by atoms with Crippen LogP contribution in [0.2, 0.25) is 0 Å². The molecule has 8 heteroatoms. The molecule has 3 aromatic rings. The zero-order valence-corrected chi connectivity index (χ0v) is 17.1. The molecule has 0 aliphatic carbocycles. The Morgan fingerprint density at radius 1 is 1.21 bits per heavy atom. The predicted molar refractivity (Wildman–Crippen MR) is 108 cm³/mol. The van der Waals surface area contributed by atoms with Gasteiger partial charge in [0.05, 0.1) is 18.7 Å². The molecule has 7 nitrogen and oxygen atoms in total. The summed E-state index contributed by atoms with van der Waals surface area (Å²) in [4.78, 5) is 6.47. The first-order valence-corrected chi connectivity index (χ1v) is 9.69. The Morgan fingerprint density at radius 3 is 2.57 bits per heavy atom. The summed E-state index contributed by atoms with van der Waals surface area (Å²) < 4.78 is 7.30. The van der Waals surface area contributed by atoms with E-state index < -0.39 is 0 Å². The van der Waals surface area contributed by atoms with Gasteiger partial charge in [-0.05, 0) is 68.7 Å². The maximum absolute atomic E-state index is 9.38. The first kappa shape index (κ1) is 19.9. The van der Waals surface area contributed by atoms with E-state index in [0.29, 0.717) is 15.7 Å². The van der Waals surface area contributed by atoms with Crippen LogP contribution in [-0.4, -0.2) is 45.9 Å². The third-order valence-corrected chi connectivity index (χ3v) is 5.34. The van der Waals surface area contributed by atoms with Crippen LogP contribution in [0.3, 0.4) is 0 Å². The maximum atomic E-state index is 9.38. The van der Waals surface area contributed by atoms with Crippen molar-refractivity contribution in [2.45, 2.75) is 29.6 Å². The van der Waals surface area contributed by atoms with Gasteiger partial charge in [-0.25, -0.2) is 4.98 Å². The molecular weight excluding hydrogens is 372 g/mol. The molecule has 0 saturated carbocycles. The first-order valence-electron chi connectivity index (χ1n) is 8.88. The highest BCUT2D eigenvalue weighted by molar-refractivity contribution is 7.99. The molecule has 0 amide bonds. The van der Waals surface area contributed by atoms with Crippen molar-refractivity contribution in [1.29, 1.82) is 5.26 Å². The fourth-order valence-corrected chi connectivity index (χ4v) is 3.84. The molecule has 1 atom stereocenters. The topological polar surface area (TPSA) is 79.9 Å². The van der Waals surface area contributed by atoms with Gasteiger partial charge in [-0.3, -0.25) is 9.47 Å². The number of ether oxygens (including phenoxy) is 1. The van der Waals surface area contributed by atoms with Crippen molar-refractivity contribution in [1.82, 2.24) is 24.6 Å². The molecule has 0 aliphatic heterocycles. The molecule has 1 unspecified atom stereocenters. The Kier molecular flexibility index (Phi) is 6.29. The number of benzene rings is 1. The van der Waals surface area contributed by atoms with E-state index in [1.165, 1.54) is 11.8 Å². The van der Waals surface area contributed by atoms with Gasteiger partial charge in [0, 0.05) is 11.9 Å². The molecule has 3 rings (SSSR count). The van der Waals surface area contributed by atoms with Crippen LogP contribution in [0.15, 0.2) is 52.8 Å². The number of hydrogen-bond donors (Lipinski definition) is 0. The van der Waals surface area contributed by atoms with Crippen LogP contribution in [0.1, 0.15) is 30.8 Å². The van der Waals surface area contributed by atoms with Crippen LogP contribution < -0.4 is 4.74 Å². The average molecular weight is 395 g/mol. The number of aromatic nitrogens is 4. The molecule has 0 N–H and O–H groups in total. The van der Waals surface area contributed by atoms with Crippen molar-refractivity contribution in [2.24, 2.45) is 0 Å². The minimum Gasteiger partial charge on any atom is -0.497 e. The quantitative estimate of drug-likeness (QED) is 0.604. The van der Waals surface area contributed by atoms with Gasteiger partial charge in [0.2, 0.25) is 5.16 Å². The van der Waals surface area contributed by atoms with Crippen molar-refractivity contribution < 1.29 is 4.74 Å². The number of rotatable bonds is 7. The number of hydrogen-bond acceptors (Lipinski definition) is 7. The third kappa shape index (κ3) is 4.01. The Morgan fingerprint density at radius 2 is 1.96 bits per heavy atom. The highest BCUT2D eigenvalue weighted by atomic mass is 32.2. The maximum Gasteiger partial charge on any atom is 0.202 e. The second-order valence-corrected chi connectivity index (χ2v) is 7.29. The van der Waals surface area contributed by atoms with Crippen LogP contribution >= 0.6 is 11.8 Å². The molecule has 0 bridgehead atoms. The lowest BCUT2D eigenvalue weighted by Gasteiger charge is -2.23. The number of pyridine rings is 1. The van der Waals surface area contributed by atoms with Crippen molar-refractivity contribution >= 4 is 11.8 Å². The number of nitrogens with zero attached hydrogens (tertiary/aromatic N) is 6. The second kappa shape index (κ2) is 8.87. The van der Waals surface area contributed by atoms with Crippen LogP contribution in [0, 0.1) is 11.3 Å². The van der Waals surface area contributed by atoms with E-state index in [1.807, 2.05) is 42.9 Å². The van der Waals surface area contributed by atoms with Gasteiger partial charge in [-0.15, -0.1) is 10.2 Å². The predicted octanol–water partition coefficient (Wildman–Crippen LogP) is 3.71. The summed E-state index contributed by atoms with van der Waals surface area (Å²) in [6, 6.07) is 13.5. The molecule has 2 aromatic heterocycles. The number of nitriles is 1. The lowest BCUT2D eigenvalue weighted by Crippen LogP contribution is -2.22. The van der Waals surface area contributed by atoms with Gasteiger partial charge < -0.3 is 4.74 Å². The molecule has 28 heavy (non-hydrogen) atoms. The van der Waals surface area contributed by atoms with Crippen LogP contribution in [0.4, 0.5) is 0 Å². The van der Waals surface area contributed by atoms with Crippen LogP contribution in [0.5, 0.6) is 5.75 Å². The van der Waals surface area contributed by atoms with E-state index in [1.54, 1.807) is 25.4 Å². The summed E-state index contributed by atoms with van der Waals surface area (Å²) in [6.07, 6.45) is 2.56. The summed E-state index contributed by atoms with van der Waals surface area (Å²) in [5.74, 6) is 1.62. The summed E-state index contributed by atoms with van der Waals surface area (Å²) in [5, 5.41) is 19.6. The minimum absolute atomic E-state index is 0.100. The van der Waals surface area contributed by atoms with Crippen LogP contribution in [-0.2, 0) is 0 Å². The average Bonchev–Trinajstić information content (AvgIpc) is 3.12. The van der Waals surface area contributed by atoms with Gasteiger partial charge in [0.15, 0.2) is 5.82 Å². The zero-order valence-electron chi connectivity index (χ0n) is 16.3. The van der Waals surface area contributed by atoms with Gasteiger partial charge >= 0.3 is 0 Å². The molecule has 0 aliphatic rings. The van der Waals surface area contributed by atoms with E-state index in [-0.39, 0.29) is 6.04 Å². The largest absolute Gasteiger partial charge is 0.497 e. The van der Waals surface area contributed by atoms with Gasteiger partial charge in [-0.2, -0.15) is 5.26 Å².